The second-order valence-electron chi connectivity index (χ2n) is 5.24. The molecular formula is C16H19N. The Hall–Kier alpha value is -1.37. The Bertz CT molecular complexity index is 498. The summed E-state index contributed by atoms with van der Waals surface area (Å²) in [5, 5.41) is 1.28. The predicted octanol–water partition coefficient (Wildman–Crippen LogP) is 4.36. The minimum Gasteiger partial charge on any atom is -0.256 e. The van der Waals surface area contributed by atoms with Crippen molar-refractivity contribution in [3.63, 3.8) is 0 Å². The highest BCUT2D eigenvalue weighted by Gasteiger charge is 2.13. The zero-order chi connectivity index (χ0) is 11.5. The van der Waals surface area contributed by atoms with Crippen molar-refractivity contribution in [3.8, 4) is 0 Å². The average Bonchev–Trinajstić information content (AvgIpc) is 2.40. The molecule has 17 heavy (non-hydrogen) atoms. The van der Waals surface area contributed by atoms with Crippen LogP contribution >= 0.6 is 0 Å². The highest BCUT2D eigenvalue weighted by atomic mass is 14.6. The van der Waals surface area contributed by atoms with Crippen LogP contribution in [0.4, 0.5) is 0 Å². The summed E-state index contributed by atoms with van der Waals surface area (Å²) in [6.07, 6.45) is 10.3. The number of benzene rings is 1. The molecule has 0 spiro atoms. The van der Waals surface area contributed by atoms with Crippen LogP contribution in [-0.2, 0) is 6.42 Å². The molecular weight excluding hydrogens is 206 g/mol. The number of aromatic nitrogens is 1. The summed E-state index contributed by atoms with van der Waals surface area (Å²) in [5.41, 5.74) is 2.59. The van der Waals surface area contributed by atoms with Gasteiger partial charge in [-0.1, -0.05) is 44.2 Å². The molecule has 1 saturated carbocycles. The molecule has 1 heterocycles. The fraction of sp³-hybridized carbons (Fsp3) is 0.438. The number of rotatable bonds is 2. The van der Waals surface area contributed by atoms with Crippen LogP contribution in [0.25, 0.3) is 10.9 Å². The van der Waals surface area contributed by atoms with Crippen LogP contribution in [0, 0.1) is 5.92 Å². The molecule has 1 fully saturated rings. The first-order valence-corrected chi connectivity index (χ1v) is 6.75. The van der Waals surface area contributed by atoms with E-state index < -0.39 is 0 Å². The Balaban J connectivity index is 1.80. The van der Waals surface area contributed by atoms with Crippen molar-refractivity contribution in [3.05, 3.63) is 42.1 Å². The lowest BCUT2D eigenvalue weighted by atomic mass is 9.85. The molecule has 0 atom stereocenters. The van der Waals surface area contributed by atoms with E-state index in [9.17, 15) is 0 Å². The first kappa shape index (κ1) is 10.8. The number of hydrogen-bond donors (Lipinski definition) is 0. The summed E-state index contributed by atoms with van der Waals surface area (Å²) in [6.45, 7) is 0. The van der Waals surface area contributed by atoms with Crippen LogP contribution in [0.1, 0.15) is 37.7 Å². The fourth-order valence-corrected chi connectivity index (χ4v) is 2.98. The first-order valence-electron chi connectivity index (χ1n) is 6.75. The molecule has 88 valence electrons. The summed E-state index contributed by atoms with van der Waals surface area (Å²) in [5.74, 6) is 0.915. The summed E-state index contributed by atoms with van der Waals surface area (Å²) in [4.78, 5) is 4.37. The zero-order valence-corrected chi connectivity index (χ0v) is 10.2. The summed E-state index contributed by atoms with van der Waals surface area (Å²) in [6, 6.07) is 10.9. The lowest BCUT2D eigenvalue weighted by Gasteiger charge is -2.21. The van der Waals surface area contributed by atoms with E-state index in [1.54, 1.807) is 0 Å². The molecule has 1 nitrogen and oxygen atoms in total. The highest BCUT2D eigenvalue weighted by molar-refractivity contribution is 5.78. The molecule has 1 aromatic carbocycles. The van der Waals surface area contributed by atoms with Gasteiger partial charge in [-0.3, -0.25) is 4.98 Å². The predicted molar refractivity (Wildman–Crippen MR) is 72.0 cm³/mol. The third-order valence-electron chi connectivity index (χ3n) is 3.92. The van der Waals surface area contributed by atoms with E-state index >= 15 is 0 Å². The average molecular weight is 225 g/mol. The Morgan fingerprint density at radius 2 is 1.94 bits per heavy atom. The molecule has 0 amide bonds. The third-order valence-corrected chi connectivity index (χ3v) is 3.92. The van der Waals surface area contributed by atoms with Crippen LogP contribution in [0.5, 0.6) is 0 Å². The highest BCUT2D eigenvalue weighted by Crippen LogP contribution is 2.27. The molecule has 1 heteroatoms. The van der Waals surface area contributed by atoms with E-state index in [1.165, 1.54) is 49.5 Å². The van der Waals surface area contributed by atoms with Gasteiger partial charge in [-0.15, -0.1) is 0 Å². The third kappa shape index (κ3) is 2.49. The Kier molecular flexibility index (Phi) is 3.08. The second-order valence-corrected chi connectivity index (χ2v) is 5.24. The number of nitrogens with zero attached hydrogens (tertiary/aromatic N) is 1. The lowest BCUT2D eigenvalue weighted by molar-refractivity contribution is 0.357. The normalized spacial score (nSPS) is 17.4. The second kappa shape index (κ2) is 4.87. The molecule has 0 saturated heterocycles. The maximum absolute atomic E-state index is 4.37. The molecule has 1 aliphatic rings. The van der Waals surface area contributed by atoms with Crippen molar-refractivity contribution in [2.24, 2.45) is 5.92 Å². The van der Waals surface area contributed by atoms with Crippen molar-refractivity contribution in [2.45, 2.75) is 38.5 Å². The van der Waals surface area contributed by atoms with Crippen molar-refractivity contribution in [2.75, 3.05) is 0 Å². The van der Waals surface area contributed by atoms with E-state index in [4.69, 9.17) is 0 Å². The van der Waals surface area contributed by atoms with Gasteiger partial charge in [-0.2, -0.15) is 0 Å². The number of hydrogen-bond acceptors (Lipinski definition) is 1. The molecule has 2 aromatic rings. The van der Waals surface area contributed by atoms with Gasteiger partial charge in [0.15, 0.2) is 0 Å². The molecule has 0 aliphatic heterocycles. The minimum absolute atomic E-state index is 0.915. The SMILES string of the molecule is c1cnc2ccc(CC3CCCCC3)cc2c1. The Labute approximate surface area is 103 Å². The van der Waals surface area contributed by atoms with Crippen molar-refractivity contribution >= 4 is 10.9 Å². The molecule has 3 rings (SSSR count). The van der Waals surface area contributed by atoms with Crippen molar-refractivity contribution in [1.82, 2.24) is 4.98 Å². The topological polar surface area (TPSA) is 12.9 Å². The number of pyridine rings is 1. The van der Waals surface area contributed by atoms with Gasteiger partial charge >= 0.3 is 0 Å². The van der Waals surface area contributed by atoms with Crippen molar-refractivity contribution < 1.29 is 0 Å². The van der Waals surface area contributed by atoms with E-state index in [1.807, 2.05) is 12.3 Å². The van der Waals surface area contributed by atoms with Crippen LogP contribution in [-0.4, -0.2) is 4.98 Å². The van der Waals surface area contributed by atoms with E-state index in [2.05, 4.69) is 29.2 Å². The molecule has 1 aliphatic carbocycles. The zero-order valence-electron chi connectivity index (χ0n) is 10.2. The van der Waals surface area contributed by atoms with Gasteiger partial charge < -0.3 is 0 Å². The van der Waals surface area contributed by atoms with Gasteiger partial charge in [0.25, 0.3) is 0 Å². The van der Waals surface area contributed by atoms with Gasteiger partial charge in [0.1, 0.15) is 0 Å². The molecule has 0 unspecified atom stereocenters. The minimum atomic E-state index is 0.915. The standard InChI is InChI=1S/C16H19N/c1-2-5-13(6-3-1)11-14-8-9-16-15(12-14)7-4-10-17-16/h4,7-10,12-13H,1-3,5-6,11H2. The van der Waals surface area contributed by atoms with Gasteiger partial charge in [0, 0.05) is 11.6 Å². The molecule has 1 aromatic heterocycles. The van der Waals surface area contributed by atoms with Gasteiger partial charge in [0.2, 0.25) is 0 Å². The summed E-state index contributed by atoms with van der Waals surface area (Å²) in [7, 11) is 0. The lowest BCUT2D eigenvalue weighted by Crippen LogP contribution is -2.09. The molecule has 0 N–H and O–H groups in total. The fourth-order valence-electron chi connectivity index (χ4n) is 2.98. The van der Waals surface area contributed by atoms with Crippen LogP contribution in [0.3, 0.4) is 0 Å². The molecule has 0 radical (unpaired) electrons. The van der Waals surface area contributed by atoms with Crippen LogP contribution in [0.2, 0.25) is 0 Å². The smallest absolute Gasteiger partial charge is 0.0702 e. The van der Waals surface area contributed by atoms with Crippen molar-refractivity contribution in [1.29, 1.82) is 0 Å². The monoisotopic (exact) mass is 225 g/mol. The van der Waals surface area contributed by atoms with Crippen LogP contribution in [0.15, 0.2) is 36.5 Å². The van der Waals surface area contributed by atoms with Gasteiger partial charge in [-0.05, 0) is 36.1 Å². The largest absolute Gasteiger partial charge is 0.256 e. The first-order chi connectivity index (χ1) is 8.42. The summed E-state index contributed by atoms with van der Waals surface area (Å²) >= 11 is 0. The van der Waals surface area contributed by atoms with Crippen LogP contribution < -0.4 is 0 Å². The van der Waals surface area contributed by atoms with Gasteiger partial charge in [0.05, 0.1) is 5.52 Å². The Morgan fingerprint density at radius 3 is 2.82 bits per heavy atom. The maximum atomic E-state index is 4.37. The number of fused-ring (bicyclic) bond motifs is 1. The van der Waals surface area contributed by atoms with E-state index in [-0.39, 0.29) is 0 Å². The Morgan fingerprint density at radius 1 is 1.06 bits per heavy atom. The van der Waals surface area contributed by atoms with Gasteiger partial charge in [-0.25, -0.2) is 0 Å². The molecule has 0 bridgehead atoms. The summed E-state index contributed by atoms with van der Waals surface area (Å²) < 4.78 is 0. The maximum Gasteiger partial charge on any atom is 0.0702 e. The van der Waals surface area contributed by atoms with E-state index in [0.29, 0.717) is 0 Å². The van der Waals surface area contributed by atoms with E-state index in [0.717, 1.165) is 11.4 Å². The quantitative estimate of drug-likeness (QED) is 0.740.